The van der Waals surface area contributed by atoms with Gasteiger partial charge in [0.05, 0.1) is 18.1 Å². The van der Waals surface area contributed by atoms with Crippen molar-refractivity contribution in [1.82, 2.24) is 9.38 Å². The van der Waals surface area contributed by atoms with E-state index in [1.54, 1.807) is 25.3 Å². The van der Waals surface area contributed by atoms with E-state index in [4.69, 9.17) is 4.74 Å². The molecule has 1 aromatic carbocycles. The summed E-state index contributed by atoms with van der Waals surface area (Å²) in [6, 6.07) is 12.6. The van der Waals surface area contributed by atoms with Gasteiger partial charge in [-0.05, 0) is 42.7 Å². The van der Waals surface area contributed by atoms with Crippen LogP contribution in [-0.2, 0) is 0 Å². The minimum absolute atomic E-state index is 0.0762. The van der Waals surface area contributed by atoms with Gasteiger partial charge in [-0.25, -0.2) is 4.98 Å². The van der Waals surface area contributed by atoms with Gasteiger partial charge in [0.25, 0.3) is 0 Å². The highest BCUT2D eigenvalue weighted by molar-refractivity contribution is 5.63. The van der Waals surface area contributed by atoms with Crippen molar-refractivity contribution in [3.8, 4) is 5.75 Å². The summed E-state index contributed by atoms with van der Waals surface area (Å²) in [5, 5.41) is 11.7. The predicted octanol–water partition coefficient (Wildman–Crippen LogP) is 2.95. The van der Waals surface area contributed by atoms with Crippen molar-refractivity contribution >= 4 is 17.2 Å². The lowest BCUT2D eigenvalue weighted by molar-refractivity contribution is -0.385. The third kappa shape index (κ3) is 2.88. The lowest BCUT2D eigenvalue weighted by atomic mass is 10.0. The maximum Gasteiger partial charge on any atom is 0.376 e. The van der Waals surface area contributed by atoms with Crippen molar-refractivity contribution < 1.29 is 9.66 Å². The Bertz CT molecular complexity index is 1060. The van der Waals surface area contributed by atoms with E-state index in [9.17, 15) is 14.9 Å². The molecular formula is C19H18N4O4. The van der Waals surface area contributed by atoms with Crippen molar-refractivity contribution in [2.45, 2.75) is 18.9 Å². The van der Waals surface area contributed by atoms with Gasteiger partial charge < -0.3 is 9.64 Å². The molecule has 1 unspecified atom stereocenters. The summed E-state index contributed by atoms with van der Waals surface area (Å²) < 4.78 is 6.41. The van der Waals surface area contributed by atoms with Crippen LogP contribution in [0.5, 0.6) is 5.75 Å². The third-order valence-electron chi connectivity index (χ3n) is 4.90. The summed E-state index contributed by atoms with van der Waals surface area (Å²) >= 11 is 0. The number of aromatic nitrogens is 2. The van der Waals surface area contributed by atoms with Gasteiger partial charge in [0, 0.05) is 12.7 Å². The summed E-state index contributed by atoms with van der Waals surface area (Å²) in [7, 11) is 1.60. The van der Waals surface area contributed by atoms with Gasteiger partial charge in [0.2, 0.25) is 5.82 Å². The molecule has 1 aliphatic rings. The van der Waals surface area contributed by atoms with Gasteiger partial charge in [-0.2, -0.15) is 0 Å². The molecule has 0 bridgehead atoms. The van der Waals surface area contributed by atoms with Crippen molar-refractivity contribution in [3.05, 3.63) is 74.7 Å². The third-order valence-corrected chi connectivity index (χ3v) is 4.90. The minimum Gasteiger partial charge on any atom is -0.497 e. The number of hydrogen-bond donors (Lipinski definition) is 0. The number of nitrogens with zero attached hydrogens (tertiary/aromatic N) is 4. The number of fused-ring (bicyclic) bond motifs is 1. The summed E-state index contributed by atoms with van der Waals surface area (Å²) in [5.41, 5.74) is 0.251. The Morgan fingerprint density at radius 1 is 1.22 bits per heavy atom. The molecule has 8 nitrogen and oxygen atoms in total. The van der Waals surface area contributed by atoms with E-state index in [1.165, 1.54) is 10.6 Å². The number of benzene rings is 1. The summed E-state index contributed by atoms with van der Waals surface area (Å²) in [5.74, 6) is 0.880. The van der Waals surface area contributed by atoms with Gasteiger partial charge in [-0.15, -0.1) is 0 Å². The second kappa shape index (κ2) is 6.71. The normalized spacial score (nSPS) is 16.6. The first-order valence-corrected chi connectivity index (χ1v) is 8.66. The Balaban J connectivity index is 1.85. The molecule has 0 radical (unpaired) electrons. The first-order chi connectivity index (χ1) is 13.1. The standard InChI is InChI=1S/C19H18N4O4/c1-27-14-9-7-13(8-10-14)15-5-4-12-21(15)18-17(23(25)26)19(24)22-11-3-2-6-16(22)20-18/h2-3,6-11,15H,4-5,12H2,1H3. The van der Waals surface area contributed by atoms with Gasteiger partial charge in [-0.1, -0.05) is 18.2 Å². The van der Waals surface area contributed by atoms with E-state index < -0.39 is 16.2 Å². The average molecular weight is 366 g/mol. The quantitative estimate of drug-likeness (QED) is 0.521. The predicted molar refractivity (Wildman–Crippen MR) is 100 cm³/mol. The van der Waals surface area contributed by atoms with Crippen molar-refractivity contribution in [2.24, 2.45) is 0 Å². The van der Waals surface area contributed by atoms with Crippen LogP contribution in [0.25, 0.3) is 5.65 Å². The Hall–Kier alpha value is -3.42. The van der Waals surface area contributed by atoms with Crippen LogP contribution in [0.4, 0.5) is 11.5 Å². The first kappa shape index (κ1) is 17.0. The number of methoxy groups -OCH3 is 1. The van der Waals surface area contributed by atoms with Crippen LogP contribution in [0.15, 0.2) is 53.5 Å². The molecule has 0 saturated carbocycles. The lowest BCUT2D eigenvalue weighted by Gasteiger charge is -2.26. The number of anilines is 1. The van der Waals surface area contributed by atoms with Crippen LogP contribution in [-0.4, -0.2) is 28.0 Å². The number of pyridine rings is 1. The molecule has 1 atom stereocenters. The van der Waals surface area contributed by atoms with E-state index in [0.717, 1.165) is 24.2 Å². The van der Waals surface area contributed by atoms with Gasteiger partial charge in [0.1, 0.15) is 11.4 Å². The van der Waals surface area contributed by atoms with Gasteiger partial charge >= 0.3 is 11.2 Å². The molecule has 3 heterocycles. The first-order valence-electron chi connectivity index (χ1n) is 8.66. The largest absolute Gasteiger partial charge is 0.497 e. The molecule has 138 valence electrons. The summed E-state index contributed by atoms with van der Waals surface area (Å²) in [6.45, 7) is 0.604. The molecule has 4 rings (SSSR count). The molecule has 1 fully saturated rings. The fraction of sp³-hybridized carbons (Fsp3) is 0.263. The zero-order valence-electron chi connectivity index (χ0n) is 14.7. The van der Waals surface area contributed by atoms with Crippen LogP contribution in [0.1, 0.15) is 24.4 Å². The fourth-order valence-corrected chi connectivity index (χ4v) is 3.62. The van der Waals surface area contributed by atoms with Crippen LogP contribution in [0.2, 0.25) is 0 Å². The molecule has 27 heavy (non-hydrogen) atoms. The van der Waals surface area contributed by atoms with Gasteiger partial charge in [0.15, 0.2) is 0 Å². The highest BCUT2D eigenvalue weighted by atomic mass is 16.6. The number of hydrogen-bond acceptors (Lipinski definition) is 6. The molecule has 3 aromatic rings. The number of rotatable bonds is 4. The molecule has 0 aliphatic carbocycles. The molecule has 1 aliphatic heterocycles. The Labute approximate surface area is 154 Å². The van der Waals surface area contributed by atoms with Crippen molar-refractivity contribution in [2.75, 3.05) is 18.6 Å². The van der Waals surface area contributed by atoms with Crippen molar-refractivity contribution in [1.29, 1.82) is 0 Å². The van der Waals surface area contributed by atoms with E-state index >= 15 is 0 Å². The highest BCUT2D eigenvalue weighted by Crippen LogP contribution is 2.38. The zero-order valence-corrected chi connectivity index (χ0v) is 14.7. The van der Waals surface area contributed by atoms with Gasteiger partial charge in [-0.3, -0.25) is 19.3 Å². The van der Waals surface area contributed by atoms with Crippen LogP contribution in [0.3, 0.4) is 0 Å². The van der Waals surface area contributed by atoms with E-state index in [2.05, 4.69) is 4.98 Å². The average Bonchev–Trinajstić information content (AvgIpc) is 3.17. The molecular weight excluding hydrogens is 348 g/mol. The zero-order chi connectivity index (χ0) is 19.0. The maximum atomic E-state index is 12.7. The Kier molecular flexibility index (Phi) is 4.23. The summed E-state index contributed by atoms with van der Waals surface area (Å²) in [4.78, 5) is 30.1. The monoisotopic (exact) mass is 366 g/mol. The second-order valence-electron chi connectivity index (χ2n) is 6.40. The van der Waals surface area contributed by atoms with Crippen molar-refractivity contribution in [3.63, 3.8) is 0 Å². The Morgan fingerprint density at radius 2 is 2.00 bits per heavy atom. The van der Waals surface area contributed by atoms with E-state index in [0.29, 0.717) is 12.2 Å². The smallest absolute Gasteiger partial charge is 0.376 e. The molecule has 2 aromatic heterocycles. The van der Waals surface area contributed by atoms with E-state index in [1.807, 2.05) is 29.2 Å². The summed E-state index contributed by atoms with van der Waals surface area (Å²) in [6.07, 6.45) is 3.19. The van der Waals surface area contributed by atoms with Crippen LogP contribution < -0.4 is 15.2 Å². The number of ether oxygens (including phenoxy) is 1. The minimum atomic E-state index is -0.666. The molecule has 0 N–H and O–H groups in total. The van der Waals surface area contributed by atoms with Crippen LogP contribution in [0, 0.1) is 10.1 Å². The SMILES string of the molecule is COc1ccc(C2CCCN2c2nc3ccccn3c(=O)c2[N+](=O)[O-])cc1. The van der Waals surface area contributed by atoms with E-state index in [-0.39, 0.29) is 11.9 Å². The maximum absolute atomic E-state index is 12.7. The lowest BCUT2D eigenvalue weighted by Crippen LogP contribution is -2.29. The molecule has 0 spiro atoms. The topological polar surface area (TPSA) is 90.0 Å². The molecule has 8 heteroatoms. The van der Waals surface area contributed by atoms with Crippen LogP contribution >= 0.6 is 0 Å². The fourth-order valence-electron chi connectivity index (χ4n) is 3.62. The number of nitro groups is 1. The molecule has 0 amide bonds. The Morgan fingerprint density at radius 3 is 2.70 bits per heavy atom. The highest BCUT2D eigenvalue weighted by Gasteiger charge is 2.34. The molecule has 1 saturated heterocycles. The second-order valence-corrected chi connectivity index (χ2v) is 6.40.